The molecule has 1 saturated heterocycles. The van der Waals surface area contributed by atoms with Crippen LogP contribution in [0.15, 0.2) is 79.3 Å². The number of hydrogen-bond acceptors (Lipinski definition) is 3. The zero-order chi connectivity index (χ0) is 22.9. The summed E-state index contributed by atoms with van der Waals surface area (Å²) >= 11 is 0. The van der Waals surface area contributed by atoms with Gasteiger partial charge in [0.05, 0.1) is 11.9 Å². The highest BCUT2D eigenvalue weighted by molar-refractivity contribution is 5.97. The summed E-state index contributed by atoms with van der Waals surface area (Å²) in [5.41, 5.74) is 3.62. The largest absolute Gasteiger partial charge is 0.365 e. The van der Waals surface area contributed by atoms with Gasteiger partial charge in [-0.2, -0.15) is 5.10 Å². The lowest BCUT2D eigenvalue weighted by Gasteiger charge is -2.41. The number of piperazine rings is 1. The molecule has 2 aromatic carbocycles. The molecule has 0 saturated carbocycles. The highest BCUT2D eigenvalue weighted by Gasteiger charge is 2.30. The van der Waals surface area contributed by atoms with Crippen molar-refractivity contribution < 1.29 is 9.18 Å². The molecule has 33 heavy (non-hydrogen) atoms. The molecule has 1 atom stereocenters. The molecule has 6 nitrogen and oxygen atoms in total. The van der Waals surface area contributed by atoms with Gasteiger partial charge in [0, 0.05) is 43.8 Å². The summed E-state index contributed by atoms with van der Waals surface area (Å²) in [5.74, 6) is 0.276. The SMILES string of the molecule is Cc1cccc(N2CCN(C(=O)c3cnn(-c4ccc(F)cc4)c3-n3cccc3)CC2C)c1. The number of benzene rings is 2. The fourth-order valence-electron chi connectivity index (χ4n) is 4.49. The number of anilines is 1. The van der Waals surface area contributed by atoms with Gasteiger partial charge >= 0.3 is 0 Å². The minimum Gasteiger partial charge on any atom is -0.365 e. The van der Waals surface area contributed by atoms with Crippen molar-refractivity contribution in [1.82, 2.24) is 19.2 Å². The molecular formula is C26H26FN5O. The molecule has 5 rings (SSSR count). The lowest BCUT2D eigenvalue weighted by molar-refractivity contribution is 0.0726. The molecule has 1 fully saturated rings. The van der Waals surface area contributed by atoms with Crippen LogP contribution in [0.1, 0.15) is 22.8 Å². The summed E-state index contributed by atoms with van der Waals surface area (Å²) in [6, 6.07) is 18.6. The van der Waals surface area contributed by atoms with Crippen molar-refractivity contribution >= 4 is 11.6 Å². The van der Waals surface area contributed by atoms with Crippen molar-refractivity contribution in [1.29, 1.82) is 0 Å². The van der Waals surface area contributed by atoms with E-state index in [1.807, 2.05) is 34.0 Å². The first-order valence-electron chi connectivity index (χ1n) is 11.1. The van der Waals surface area contributed by atoms with E-state index in [4.69, 9.17) is 0 Å². The summed E-state index contributed by atoms with van der Waals surface area (Å²) in [7, 11) is 0. The van der Waals surface area contributed by atoms with Crippen molar-refractivity contribution in [3.05, 3.63) is 96.2 Å². The molecule has 1 aliphatic rings. The van der Waals surface area contributed by atoms with E-state index in [0.29, 0.717) is 30.2 Å². The Morgan fingerprint density at radius 3 is 2.45 bits per heavy atom. The first-order valence-corrected chi connectivity index (χ1v) is 11.1. The van der Waals surface area contributed by atoms with Gasteiger partial charge in [-0.1, -0.05) is 12.1 Å². The second kappa shape index (κ2) is 8.58. The lowest BCUT2D eigenvalue weighted by atomic mass is 10.1. The van der Waals surface area contributed by atoms with Crippen LogP contribution in [-0.2, 0) is 0 Å². The third-order valence-electron chi connectivity index (χ3n) is 6.14. The molecule has 4 aromatic rings. The molecule has 3 heterocycles. The predicted molar refractivity (Wildman–Crippen MR) is 127 cm³/mol. The van der Waals surface area contributed by atoms with E-state index in [1.165, 1.54) is 23.4 Å². The molecule has 0 spiro atoms. The van der Waals surface area contributed by atoms with Crippen LogP contribution in [0.3, 0.4) is 0 Å². The fourth-order valence-corrected chi connectivity index (χ4v) is 4.49. The van der Waals surface area contributed by atoms with Crippen LogP contribution in [0, 0.1) is 12.7 Å². The minimum atomic E-state index is -0.315. The van der Waals surface area contributed by atoms with Crippen LogP contribution in [0.4, 0.5) is 10.1 Å². The van der Waals surface area contributed by atoms with Crippen LogP contribution < -0.4 is 4.90 Å². The molecule has 7 heteroatoms. The zero-order valence-corrected chi connectivity index (χ0v) is 18.7. The van der Waals surface area contributed by atoms with Crippen molar-refractivity contribution in [2.45, 2.75) is 19.9 Å². The van der Waals surface area contributed by atoms with Gasteiger partial charge in [0.25, 0.3) is 5.91 Å². The Hall–Kier alpha value is -3.87. The minimum absolute atomic E-state index is 0.0530. The third kappa shape index (κ3) is 4.02. The second-order valence-electron chi connectivity index (χ2n) is 8.49. The maximum absolute atomic E-state index is 13.6. The topological polar surface area (TPSA) is 46.3 Å². The number of carbonyl (C=O) groups is 1. The average Bonchev–Trinajstić information content (AvgIpc) is 3.49. The summed E-state index contributed by atoms with van der Waals surface area (Å²) < 4.78 is 17.0. The van der Waals surface area contributed by atoms with Crippen LogP contribution in [0.25, 0.3) is 11.5 Å². The van der Waals surface area contributed by atoms with E-state index < -0.39 is 0 Å². The molecule has 0 bridgehead atoms. The van der Waals surface area contributed by atoms with E-state index in [-0.39, 0.29) is 17.8 Å². The van der Waals surface area contributed by atoms with Crippen molar-refractivity contribution in [3.63, 3.8) is 0 Å². The Bertz CT molecular complexity index is 1260. The maximum Gasteiger partial charge on any atom is 0.259 e. The van der Waals surface area contributed by atoms with Gasteiger partial charge in [-0.25, -0.2) is 9.07 Å². The molecule has 1 amide bonds. The molecule has 1 aliphatic heterocycles. The van der Waals surface area contributed by atoms with Crippen molar-refractivity contribution in [3.8, 4) is 11.5 Å². The Kier molecular flexibility index (Phi) is 5.46. The van der Waals surface area contributed by atoms with Gasteiger partial charge in [0.1, 0.15) is 11.4 Å². The Balaban J connectivity index is 1.44. The third-order valence-corrected chi connectivity index (χ3v) is 6.14. The quantitative estimate of drug-likeness (QED) is 0.468. The van der Waals surface area contributed by atoms with E-state index in [1.54, 1.807) is 23.0 Å². The van der Waals surface area contributed by atoms with Crippen LogP contribution in [0.5, 0.6) is 0 Å². The summed E-state index contributed by atoms with van der Waals surface area (Å²) in [6.45, 7) is 6.26. The van der Waals surface area contributed by atoms with Gasteiger partial charge < -0.3 is 14.4 Å². The summed E-state index contributed by atoms with van der Waals surface area (Å²) in [6.07, 6.45) is 5.37. The zero-order valence-electron chi connectivity index (χ0n) is 18.7. The first-order chi connectivity index (χ1) is 16.0. The monoisotopic (exact) mass is 443 g/mol. The van der Waals surface area contributed by atoms with Gasteiger partial charge in [0.15, 0.2) is 5.82 Å². The normalized spacial score (nSPS) is 16.3. The predicted octanol–water partition coefficient (Wildman–Crippen LogP) is 4.46. The second-order valence-corrected chi connectivity index (χ2v) is 8.49. The van der Waals surface area contributed by atoms with Crippen LogP contribution >= 0.6 is 0 Å². The standard InChI is InChI=1S/C26H26FN5O/c1-19-6-5-7-23(16-19)31-15-14-30(18-20(31)2)26(33)24-17-28-32(22-10-8-21(27)9-11-22)25(24)29-12-3-4-13-29/h3-13,16-17,20H,14-15,18H2,1-2H3. The number of nitrogens with zero attached hydrogens (tertiary/aromatic N) is 5. The number of carbonyl (C=O) groups excluding carboxylic acids is 1. The molecule has 0 aliphatic carbocycles. The number of hydrogen-bond donors (Lipinski definition) is 0. The number of aromatic nitrogens is 3. The van der Waals surface area contributed by atoms with Gasteiger partial charge in [-0.05, 0) is 67.9 Å². The maximum atomic E-state index is 13.6. The first kappa shape index (κ1) is 21.0. The molecule has 2 aromatic heterocycles. The summed E-state index contributed by atoms with van der Waals surface area (Å²) in [4.78, 5) is 17.9. The number of halogens is 1. The Labute approximate surface area is 192 Å². The van der Waals surface area contributed by atoms with E-state index in [9.17, 15) is 9.18 Å². The highest BCUT2D eigenvalue weighted by Crippen LogP contribution is 2.25. The number of aryl methyl sites for hydroxylation is 1. The van der Waals surface area contributed by atoms with Crippen molar-refractivity contribution in [2.24, 2.45) is 0 Å². The smallest absolute Gasteiger partial charge is 0.259 e. The summed E-state index contributed by atoms with van der Waals surface area (Å²) in [5, 5.41) is 4.49. The molecular weight excluding hydrogens is 417 g/mol. The highest BCUT2D eigenvalue weighted by atomic mass is 19.1. The molecule has 0 N–H and O–H groups in total. The molecule has 1 unspecified atom stereocenters. The molecule has 0 radical (unpaired) electrons. The van der Waals surface area contributed by atoms with E-state index >= 15 is 0 Å². The van der Waals surface area contributed by atoms with Gasteiger partial charge in [-0.3, -0.25) is 4.79 Å². The average molecular weight is 444 g/mol. The molecule has 168 valence electrons. The van der Waals surface area contributed by atoms with E-state index in [2.05, 4.69) is 48.1 Å². The van der Waals surface area contributed by atoms with Crippen molar-refractivity contribution in [2.75, 3.05) is 24.5 Å². The number of amides is 1. The van der Waals surface area contributed by atoms with Crippen LogP contribution in [0.2, 0.25) is 0 Å². The Morgan fingerprint density at radius 2 is 1.76 bits per heavy atom. The lowest BCUT2D eigenvalue weighted by Crippen LogP contribution is -2.53. The van der Waals surface area contributed by atoms with E-state index in [0.717, 1.165) is 6.54 Å². The van der Waals surface area contributed by atoms with Crippen LogP contribution in [-0.4, -0.2) is 50.8 Å². The number of rotatable bonds is 4. The fraction of sp³-hybridized carbons (Fsp3) is 0.231. The van der Waals surface area contributed by atoms with Gasteiger partial charge in [0.2, 0.25) is 0 Å². The Morgan fingerprint density at radius 1 is 1.00 bits per heavy atom. The van der Waals surface area contributed by atoms with Gasteiger partial charge in [-0.15, -0.1) is 0 Å².